The third kappa shape index (κ3) is 3.60. The first kappa shape index (κ1) is 17.0. The highest BCUT2D eigenvalue weighted by Gasteiger charge is 2.12. The lowest BCUT2D eigenvalue weighted by molar-refractivity contribution is 0.477. The van der Waals surface area contributed by atoms with Gasteiger partial charge in [-0.1, -0.05) is 18.2 Å². The molecule has 2 aromatic heterocycles. The number of fused-ring (bicyclic) bond motifs is 1. The zero-order chi connectivity index (χ0) is 18.8. The van der Waals surface area contributed by atoms with Crippen LogP contribution in [-0.4, -0.2) is 31.4 Å². The molecule has 4 rings (SSSR count). The molecule has 0 aliphatic heterocycles. The standard InChI is InChI=1S/C21H21N5O/c1-14-7-8-16-18(11-14)24-21(17-5-3-4-6-19(17)27)25-20(16)22-10-9-15-12-23-26(2)13-15/h3-8,11-13,27H,9-10H2,1-2H3,(H,22,24,25). The van der Waals surface area contributed by atoms with Gasteiger partial charge in [0.1, 0.15) is 11.6 Å². The molecule has 0 aliphatic rings. The number of para-hydroxylation sites is 1. The molecular formula is C21H21N5O. The zero-order valence-corrected chi connectivity index (χ0v) is 15.3. The Balaban J connectivity index is 1.70. The lowest BCUT2D eigenvalue weighted by atomic mass is 10.1. The van der Waals surface area contributed by atoms with Crippen LogP contribution in [0.5, 0.6) is 5.75 Å². The lowest BCUT2D eigenvalue weighted by Gasteiger charge is -2.12. The number of nitrogens with zero attached hydrogens (tertiary/aromatic N) is 4. The predicted molar refractivity (Wildman–Crippen MR) is 107 cm³/mol. The number of aromatic nitrogens is 4. The van der Waals surface area contributed by atoms with E-state index in [9.17, 15) is 5.11 Å². The van der Waals surface area contributed by atoms with Crippen LogP contribution >= 0.6 is 0 Å². The summed E-state index contributed by atoms with van der Waals surface area (Å²) in [7, 11) is 1.91. The topological polar surface area (TPSA) is 75.9 Å². The van der Waals surface area contributed by atoms with E-state index in [-0.39, 0.29) is 5.75 Å². The van der Waals surface area contributed by atoms with Crippen molar-refractivity contribution in [3.8, 4) is 17.1 Å². The van der Waals surface area contributed by atoms with E-state index in [4.69, 9.17) is 4.98 Å². The van der Waals surface area contributed by atoms with E-state index in [1.807, 2.05) is 50.6 Å². The smallest absolute Gasteiger partial charge is 0.165 e. The third-order valence-corrected chi connectivity index (χ3v) is 4.46. The van der Waals surface area contributed by atoms with Crippen molar-refractivity contribution in [3.63, 3.8) is 0 Å². The average Bonchev–Trinajstić information content (AvgIpc) is 3.06. The Labute approximate surface area is 157 Å². The molecule has 4 aromatic rings. The average molecular weight is 359 g/mol. The first-order valence-electron chi connectivity index (χ1n) is 8.88. The van der Waals surface area contributed by atoms with Gasteiger partial charge >= 0.3 is 0 Å². The molecule has 0 radical (unpaired) electrons. The highest BCUT2D eigenvalue weighted by molar-refractivity contribution is 5.91. The minimum Gasteiger partial charge on any atom is -0.507 e. The molecule has 27 heavy (non-hydrogen) atoms. The van der Waals surface area contributed by atoms with Gasteiger partial charge in [0.05, 0.1) is 17.3 Å². The van der Waals surface area contributed by atoms with Crippen molar-refractivity contribution in [1.82, 2.24) is 19.7 Å². The highest BCUT2D eigenvalue weighted by atomic mass is 16.3. The van der Waals surface area contributed by atoms with E-state index in [0.29, 0.717) is 11.4 Å². The van der Waals surface area contributed by atoms with Crippen molar-refractivity contribution in [3.05, 3.63) is 66.0 Å². The highest BCUT2D eigenvalue weighted by Crippen LogP contribution is 2.30. The number of benzene rings is 2. The Morgan fingerprint density at radius 3 is 2.74 bits per heavy atom. The van der Waals surface area contributed by atoms with Crippen molar-refractivity contribution in [2.24, 2.45) is 7.05 Å². The van der Waals surface area contributed by atoms with E-state index in [2.05, 4.69) is 21.5 Å². The largest absolute Gasteiger partial charge is 0.507 e. The Kier molecular flexibility index (Phi) is 4.46. The Morgan fingerprint density at radius 1 is 1.11 bits per heavy atom. The van der Waals surface area contributed by atoms with Crippen LogP contribution in [-0.2, 0) is 13.5 Å². The van der Waals surface area contributed by atoms with Crippen LogP contribution in [0.15, 0.2) is 54.9 Å². The molecule has 0 unspecified atom stereocenters. The fraction of sp³-hybridized carbons (Fsp3) is 0.190. The second kappa shape index (κ2) is 7.07. The van der Waals surface area contributed by atoms with Crippen LogP contribution in [0.2, 0.25) is 0 Å². The summed E-state index contributed by atoms with van der Waals surface area (Å²) in [6.07, 6.45) is 4.73. The predicted octanol–water partition coefficient (Wildman–Crippen LogP) is 3.70. The number of rotatable bonds is 5. The van der Waals surface area contributed by atoms with E-state index in [0.717, 1.165) is 35.2 Å². The number of hydrogen-bond acceptors (Lipinski definition) is 5. The normalized spacial score (nSPS) is 11.0. The summed E-state index contributed by atoms with van der Waals surface area (Å²) in [5.74, 6) is 1.45. The van der Waals surface area contributed by atoms with Gasteiger partial charge in [-0.25, -0.2) is 9.97 Å². The number of phenolic OH excluding ortho intramolecular Hbond substituents is 1. The minimum absolute atomic E-state index is 0.172. The molecule has 0 saturated carbocycles. The molecule has 0 amide bonds. The van der Waals surface area contributed by atoms with Crippen molar-refractivity contribution in [1.29, 1.82) is 0 Å². The van der Waals surface area contributed by atoms with Gasteiger partial charge in [0.25, 0.3) is 0 Å². The van der Waals surface area contributed by atoms with Gasteiger partial charge in [0.15, 0.2) is 5.82 Å². The Bertz CT molecular complexity index is 1100. The summed E-state index contributed by atoms with van der Waals surface area (Å²) in [4.78, 5) is 9.37. The molecule has 0 aliphatic carbocycles. The molecule has 0 saturated heterocycles. The van der Waals surface area contributed by atoms with E-state index < -0.39 is 0 Å². The van der Waals surface area contributed by atoms with Gasteiger partial charge in [-0.2, -0.15) is 5.10 Å². The molecule has 136 valence electrons. The molecule has 0 atom stereocenters. The van der Waals surface area contributed by atoms with Gasteiger partial charge < -0.3 is 10.4 Å². The van der Waals surface area contributed by atoms with Crippen molar-refractivity contribution in [2.75, 3.05) is 11.9 Å². The van der Waals surface area contributed by atoms with Gasteiger partial charge in [-0.15, -0.1) is 0 Å². The number of hydrogen-bond donors (Lipinski definition) is 2. The molecular weight excluding hydrogens is 338 g/mol. The van der Waals surface area contributed by atoms with Crippen LogP contribution in [0.25, 0.3) is 22.3 Å². The SMILES string of the molecule is Cc1ccc2c(NCCc3cnn(C)c3)nc(-c3ccccc3O)nc2c1. The molecule has 6 heteroatoms. The molecule has 6 nitrogen and oxygen atoms in total. The first-order chi connectivity index (χ1) is 13.1. The van der Waals surface area contributed by atoms with Crippen LogP contribution in [0.3, 0.4) is 0 Å². The summed E-state index contributed by atoms with van der Waals surface area (Å²) in [5, 5.41) is 18.8. The summed E-state index contributed by atoms with van der Waals surface area (Å²) in [6, 6.07) is 13.3. The number of phenols is 1. The minimum atomic E-state index is 0.172. The summed E-state index contributed by atoms with van der Waals surface area (Å²) >= 11 is 0. The maximum atomic E-state index is 10.2. The molecule has 0 spiro atoms. The summed E-state index contributed by atoms with van der Waals surface area (Å²) in [6.45, 7) is 2.77. The van der Waals surface area contributed by atoms with Gasteiger partial charge in [0.2, 0.25) is 0 Å². The van der Waals surface area contributed by atoms with Crippen molar-refractivity contribution in [2.45, 2.75) is 13.3 Å². The van der Waals surface area contributed by atoms with Gasteiger partial charge in [-0.3, -0.25) is 4.68 Å². The van der Waals surface area contributed by atoms with Crippen LogP contribution < -0.4 is 5.32 Å². The monoisotopic (exact) mass is 359 g/mol. The van der Waals surface area contributed by atoms with Crippen LogP contribution in [0, 0.1) is 6.92 Å². The maximum Gasteiger partial charge on any atom is 0.165 e. The number of nitrogens with one attached hydrogen (secondary N) is 1. The van der Waals surface area contributed by atoms with E-state index >= 15 is 0 Å². The number of anilines is 1. The molecule has 2 aromatic carbocycles. The second-order valence-electron chi connectivity index (χ2n) is 6.63. The molecule has 2 heterocycles. The number of aromatic hydroxyl groups is 1. The van der Waals surface area contributed by atoms with Crippen molar-refractivity contribution < 1.29 is 5.11 Å². The summed E-state index contributed by atoms with van der Waals surface area (Å²) < 4.78 is 1.80. The first-order valence-corrected chi connectivity index (χ1v) is 8.88. The van der Waals surface area contributed by atoms with Crippen molar-refractivity contribution >= 4 is 16.7 Å². The Morgan fingerprint density at radius 2 is 1.96 bits per heavy atom. The molecule has 0 bridgehead atoms. The van der Waals surface area contributed by atoms with E-state index in [1.165, 1.54) is 5.56 Å². The Hall–Kier alpha value is -3.41. The van der Waals surface area contributed by atoms with Gasteiger partial charge in [0, 0.05) is 25.2 Å². The van der Waals surface area contributed by atoms with Crippen LogP contribution in [0.4, 0.5) is 5.82 Å². The quantitative estimate of drug-likeness (QED) is 0.568. The molecule has 0 fully saturated rings. The zero-order valence-electron chi connectivity index (χ0n) is 15.3. The maximum absolute atomic E-state index is 10.2. The third-order valence-electron chi connectivity index (χ3n) is 4.46. The van der Waals surface area contributed by atoms with Gasteiger partial charge in [-0.05, 0) is 48.7 Å². The summed E-state index contributed by atoms with van der Waals surface area (Å²) in [5.41, 5.74) is 3.77. The lowest BCUT2D eigenvalue weighted by Crippen LogP contribution is -2.08. The fourth-order valence-corrected chi connectivity index (χ4v) is 3.08. The number of aryl methyl sites for hydroxylation is 2. The van der Waals surface area contributed by atoms with E-state index in [1.54, 1.807) is 16.8 Å². The van der Waals surface area contributed by atoms with Crippen LogP contribution in [0.1, 0.15) is 11.1 Å². The molecule has 2 N–H and O–H groups in total. The fourth-order valence-electron chi connectivity index (χ4n) is 3.08. The second-order valence-corrected chi connectivity index (χ2v) is 6.63.